The molecule has 0 atom stereocenters. The maximum atomic E-state index is 2.41. The van der Waals surface area contributed by atoms with Crippen molar-refractivity contribution in [2.75, 3.05) is 0 Å². The number of para-hydroxylation sites is 2. The van der Waals surface area contributed by atoms with Gasteiger partial charge in [0.2, 0.25) is 0 Å². The molecular formula is C36H21NS. The first-order valence-corrected chi connectivity index (χ1v) is 13.8. The van der Waals surface area contributed by atoms with Gasteiger partial charge in [0, 0.05) is 42.6 Å². The zero-order chi connectivity index (χ0) is 24.8. The summed E-state index contributed by atoms with van der Waals surface area (Å²) in [5.41, 5.74) is 10.3. The third-order valence-electron chi connectivity index (χ3n) is 8.13. The first-order valence-electron chi connectivity index (χ1n) is 13.0. The Kier molecular flexibility index (Phi) is 3.99. The summed E-state index contributed by atoms with van der Waals surface area (Å²) < 4.78 is 3.73. The van der Waals surface area contributed by atoms with E-state index in [4.69, 9.17) is 0 Å². The third-order valence-corrected chi connectivity index (χ3v) is 9.33. The van der Waals surface area contributed by atoms with Crippen molar-refractivity contribution in [2.24, 2.45) is 0 Å². The summed E-state index contributed by atoms with van der Waals surface area (Å²) in [7, 11) is 0. The van der Waals surface area contributed by atoms with Gasteiger partial charge in [-0.15, -0.1) is 11.3 Å². The van der Waals surface area contributed by atoms with E-state index in [2.05, 4.69) is 132 Å². The molecule has 6 aromatic carbocycles. The van der Waals surface area contributed by atoms with Gasteiger partial charge in [-0.05, 0) is 69.9 Å². The van der Waals surface area contributed by atoms with Crippen LogP contribution in [0.4, 0.5) is 0 Å². The molecule has 1 aliphatic carbocycles. The summed E-state index contributed by atoms with van der Waals surface area (Å²) in [5.74, 6) is 0. The second-order valence-corrected chi connectivity index (χ2v) is 11.2. The first kappa shape index (κ1) is 20.4. The van der Waals surface area contributed by atoms with Crippen LogP contribution in [-0.2, 0) is 0 Å². The van der Waals surface area contributed by atoms with Crippen molar-refractivity contribution < 1.29 is 0 Å². The zero-order valence-electron chi connectivity index (χ0n) is 20.5. The lowest BCUT2D eigenvalue weighted by Gasteiger charge is -2.08. The van der Waals surface area contributed by atoms with Gasteiger partial charge in [-0.25, -0.2) is 0 Å². The second-order valence-electron chi connectivity index (χ2n) is 10.1. The second kappa shape index (κ2) is 7.44. The molecule has 0 N–H and O–H groups in total. The summed E-state index contributed by atoms with van der Waals surface area (Å²) in [6.45, 7) is 0. The van der Waals surface area contributed by atoms with Crippen LogP contribution in [0.2, 0.25) is 0 Å². The predicted molar refractivity (Wildman–Crippen MR) is 164 cm³/mol. The molecule has 2 aromatic heterocycles. The Hall–Kier alpha value is -4.66. The minimum atomic E-state index is 1.19. The Labute approximate surface area is 223 Å². The highest BCUT2D eigenvalue weighted by molar-refractivity contribution is 7.23. The van der Waals surface area contributed by atoms with E-state index < -0.39 is 0 Å². The van der Waals surface area contributed by atoms with Crippen LogP contribution in [0.1, 0.15) is 0 Å². The maximum Gasteiger partial charge on any atom is 0.0541 e. The Morgan fingerprint density at radius 2 is 1.21 bits per heavy atom. The van der Waals surface area contributed by atoms with E-state index >= 15 is 0 Å². The Morgan fingerprint density at radius 3 is 2.08 bits per heavy atom. The molecular weight excluding hydrogens is 478 g/mol. The van der Waals surface area contributed by atoms with E-state index in [-0.39, 0.29) is 0 Å². The lowest BCUT2D eigenvalue weighted by atomic mass is 9.98. The fourth-order valence-corrected chi connectivity index (χ4v) is 7.71. The molecule has 2 heterocycles. The Balaban J connectivity index is 1.27. The average molecular weight is 500 g/mol. The molecule has 0 amide bonds. The molecule has 0 aliphatic heterocycles. The van der Waals surface area contributed by atoms with Crippen molar-refractivity contribution in [2.45, 2.75) is 0 Å². The highest BCUT2D eigenvalue weighted by atomic mass is 32.1. The fourth-order valence-electron chi connectivity index (χ4n) is 6.48. The lowest BCUT2D eigenvalue weighted by molar-refractivity contribution is 1.18. The highest BCUT2D eigenvalue weighted by Gasteiger charge is 2.25. The van der Waals surface area contributed by atoms with Gasteiger partial charge in [0.1, 0.15) is 0 Å². The smallest absolute Gasteiger partial charge is 0.0541 e. The van der Waals surface area contributed by atoms with E-state index in [1.807, 2.05) is 11.3 Å². The van der Waals surface area contributed by atoms with Crippen LogP contribution in [0.15, 0.2) is 127 Å². The van der Waals surface area contributed by atoms with Gasteiger partial charge in [-0.1, -0.05) is 84.9 Å². The predicted octanol–water partition coefficient (Wildman–Crippen LogP) is 10.5. The fraction of sp³-hybridized carbons (Fsp3) is 0. The van der Waals surface area contributed by atoms with Gasteiger partial charge in [-0.2, -0.15) is 0 Å². The number of nitrogens with zero attached hydrogens (tertiary/aromatic N) is 1. The van der Waals surface area contributed by atoms with Crippen LogP contribution in [0, 0.1) is 0 Å². The average Bonchev–Trinajstić information content (AvgIpc) is 3.62. The molecule has 0 bridgehead atoms. The van der Waals surface area contributed by atoms with Crippen LogP contribution in [0.3, 0.4) is 0 Å². The molecule has 0 saturated heterocycles. The lowest BCUT2D eigenvalue weighted by Crippen LogP contribution is -1.92. The molecule has 8 aromatic rings. The number of hydrogen-bond acceptors (Lipinski definition) is 1. The van der Waals surface area contributed by atoms with E-state index in [1.165, 1.54) is 81.0 Å². The summed E-state index contributed by atoms with van der Waals surface area (Å²) in [4.78, 5) is 1.41. The molecule has 176 valence electrons. The van der Waals surface area contributed by atoms with Crippen LogP contribution in [-0.4, -0.2) is 4.57 Å². The van der Waals surface area contributed by atoms with Gasteiger partial charge >= 0.3 is 0 Å². The summed E-state index contributed by atoms with van der Waals surface area (Å²) in [5, 5.41) is 6.66. The quantitative estimate of drug-likeness (QED) is 0.223. The number of rotatable bonds is 2. The zero-order valence-corrected chi connectivity index (χ0v) is 21.3. The Morgan fingerprint density at radius 1 is 0.500 bits per heavy atom. The molecule has 2 heteroatoms. The van der Waals surface area contributed by atoms with E-state index in [9.17, 15) is 0 Å². The van der Waals surface area contributed by atoms with Crippen molar-refractivity contribution in [3.63, 3.8) is 0 Å². The maximum absolute atomic E-state index is 2.41. The normalized spacial score (nSPS) is 12.2. The van der Waals surface area contributed by atoms with Gasteiger partial charge in [0.15, 0.2) is 0 Å². The number of thiophene rings is 1. The minimum Gasteiger partial charge on any atom is -0.309 e. The van der Waals surface area contributed by atoms with Crippen molar-refractivity contribution in [1.82, 2.24) is 4.57 Å². The SMILES string of the molecule is c1ccc(-n2c3ccccc3c3cc(-c4ccc5sc6c(c5c4)-c4cccc5cccc-6c45)ccc32)cc1. The number of fused-ring (bicyclic) bond motifs is 8. The summed E-state index contributed by atoms with van der Waals surface area (Å²) in [6, 6.07) is 46.8. The largest absolute Gasteiger partial charge is 0.309 e. The van der Waals surface area contributed by atoms with E-state index in [0.29, 0.717) is 0 Å². The summed E-state index contributed by atoms with van der Waals surface area (Å²) >= 11 is 1.92. The minimum absolute atomic E-state index is 1.19. The highest BCUT2D eigenvalue weighted by Crippen LogP contribution is 2.54. The molecule has 1 nitrogen and oxygen atoms in total. The van der Waals surface area contributed by atoms with Crippen LogP contribution < -0.4 is 0 Å². The van der Waals surface area contributed by atoms with E-state index in [0.717, 1.165) is 0 Å². The monoisotopic (exact) mass is 499 g/mol. The number of aromatic nitrogens is 1. The standard InChI is InChI=1S/C36H21NS/c1-2-10-25(11-3-1)37-31-15-5-4-12-26(31)29-20-23(16-18-32(29)37)24-17-19-33-30(21-24)35-27-13-6-8-22-9-7-14-28(34(22)27)36(35)38-33/h1-21H. The molecule has 1 aliphatic rings. The molecule has 38 heavy (non-hydrogen) atoms. The molecule has 0 fully saturated rings. The summed E-state index contributed by atoms with van der Waals surface area (Å²) in [6.07, 6.45) is 0. The van der Waals surface area contributed by atoms with Crippen LogP contribution in [0.25, 0.3) is 81.0 Å². The van der Waals surface area contributed by atoms with Crippen molar-refractivity contribution in [3.05, 3.63) is 127 Å². The molecule has 9 rings (SSSR count). The van der Waals surface area contributed by atoms with Crippen molar-refractivity contribution in [1.29, 1.82) is 0 Å². The Bertz CT molecular complexity index is 2220. The third kappa shape index (κ3) is 2.65. The van der Waals surface area contributed by atoms with Crippen molar-refractivity contribution >= 4 is 54.0 Å². The number of hydrogen-bond donors (Lipinski definition) is 0. The topological polar surface area (TPSA) is 4.93 Å². The van der Waals surface area contributed by atoms with Gasteiger partial charge in [0.25, 0.3) is 0 Å². The van der Waals surface area contributed by atoms with Crippen LogP contribution >= 0.6 is 11.3 Å². The van der Waals surface area contributed by atoms with Gasteiger partial charge in [0.05, 0.1) is 11.0 Å². The first-order chi connectivity index (χ1) is 18.8. The van der Waals surface area contributed by atoms with E-state index in [1.54, 1.807) is 0 Å². The molecule has 0 unspecified atom stereocenters. The van der Waals surface area contributed by atoms with Crippen molar-refractivity contribution in [3.8, 4) is 38.4 Å². The van der Waals surface area contributed by atoms with Gasteiger partial charge < -0.3 is 4.57 Å². The molecule has 0 radical (unpaired) electrons. The van der Waals surface area contributed by atoms with Crippen LogP contribution in [0.5, 0.6) is 0 Å². The molecule has 0 saturated carbocycles. The molecule has 0 spiro atoms. The number of benzene rings is 6. The van der Waals surface area contributed by atoms with Gasteiger partial charge in [-0.3, -0.25) is 0 Å².